The number of pyridine rings is 1. The maximum atomic E-state index is 10.1. The molecule has 2 rings (SSSR count). The molecule has 3 heteroatoms. The van der Waals surface area contributed by atoms with E-state index in [0.29, 0.717) is 6.54 Å². The highest BCUT2D eigenvalue weighted by Crippen LogP contribution is 2.15. The second-order valence-corrected chi connectivity index (χ2v) is 3.31. The van der Waals surface area contributed by atoms with Crippen molar-refractivity contribution in [2.24, 2.45) is 0 Å². The molecule has 0 saturated carbocycles. The van der Waals surface area contributed by atoms with Crippen LogP contribution < -0.4 is 5.32 Å². The zero-order valence-electron chi connectivity index (χ0n) is 8.31. The number of hydrogen-bond donors (Lipinski definition) is 1. The molecule has 15 heavy (non-hydrogen) atoms. The molecule has 0 aliphatic heterocycles. The summed E-state index contributed by atoms with van der Waals surface area (Å²) in [6, 6.07) is 10.0. The van der Waals surface area contributed by atoms with Crippen molar-refractivity contribution in [1.29, 1.82) is 0 Å². The van der Waals surface area contributed by atoms with Gasteiger partial charge in [0.2, 0.25) is 6.41 Å². The minimum absolute atomic E-state index is 0.664. The van der Waals surface area contributed by atoms with E-state index in [4.69, 9.17) is 0 Å². The molecule has 1 N–H and O–H groups in total. The van der Waals surface area contributed by atoms with Crippen LogP contribution in [0.25, 0.3) is 10.9 Å². The van der Waals surface area contributed by atoms with E-state index in [2.05, 4.69) is 16.4 Å². The van der Waals surface area contributed by atoms with Crippen LogP contribution >= 0.6 is 0 Å². The lowest BCUT2D eigenvalue weighted by molar-refractivity contribution is -0.109. The van der Waals surface area contributed by atoms with E-state index < -0.39 is 0 Å². The van der Waals surface area contributed by atoms with Crippen molar-refractivity contribution < 1.29 is 4.79 Å². The Hall–Kier alpha value is -1.90. The molecule has 0 aliphatic carbocycles. The predicted molar refractivity (Wildman–Crippen MR) is 59.5 cm³/mol. The van der Waals surface area contributed by atoms with Gasteiger partial charge in [-0.15, -0.1) is 0 Å². The number of carbonyl (C=O) groups is 1. The van der Waals surface area contributed by atoms with Gasteiger partial charge in [0.05, 0.1) is 5.52 Å². The highest BCUT2D eigenvalue weighted by Gasteiger charge is 1.99. The van der Waals surface area contributed by atoms with Crippen LogP contribution in [0.3, 0.4) is 0 Å². The summed E-state index contributed by atoms with van der Waals surface area (Å²) in [6.45, 7) is 0.664. The molecule has 1 aromatic heterocycles. The fraction of sp³-hybridized carbons (Fsp3) is 0.167. The molecule has 1 aromatic carbocycles. The molecule has 3 nitrogen and oxygen atoms in total. The van der Waals surface area contributed by atoms with Gasteiger partial charge in [-0.2, -0.15) is 0 Å². The Labute approximate surface area is 88.1 Å². The molecule has 0 spiro atoms. The van der Waals surface area contributed by atoms with E-state index in [1.165, 1.54) is 5.56 Å². The molecular weight excluding hydrogens is 188 g/mol. The van der Waals surface area contributed by atoms with Crippen LogP contribution in [-0.2, 0) is 11.2 Å². The number of hydrogen-bond acceptors (Lipinski definition) is 2. The Kier molecular flexibility index (Phi) is 2.93. The van der Waals surface area contributed by atoms with Gasteiger partial charge >= 0.3 is 0 Å². The lowest BCUT2D eigenvalue weighted by Gasteiger charge is -2.04. The molecule has 1 amide bonds. The summed E-state index contributed by atoms with van der Waals surface area (Å²) in [4.78, 5) is 14.4. The number of carbonyl (C=O) groups excluding carboxylic acids is 1. The molecule has 2 aromatic rings. The van der Waals surface area contributed by atoms with Crippen LogP contribution in [-0.4, -0.2) is 17.9 Å². The van der Waals surface area contributed by atoms with Gasteiger partial charge in [0.15, 0.2) is 0 Å². The van der Waals surface area contributed by atoms with Crippen LogP contribution in [0.4, 0.5) is 0 Å². The second kappa shape index (κ2) is 4.55. The van der Waals surface area contributed by atoms with Crippen LogP contribution in [0, 0.1) is 0 Å². The minimum Gasteiger partial charge on any atom is -0.358 e. The number of amides is 1. The molecule has 0 radical (unpaired) electrons. The first-order valence-electron chi connectivity index (χ1n) is 4.91. The summed E-state index contributed by atoms with van der Waals surface area (Å²) in [5.41, 5.74) is 2.22. The standard InChI is InChI=1S/C12H12N2O/c15-9-13-7-5-10-6-8-14-12-4-2-1-3-11(10)12/h1-4,6,8-9H,5,7H2,(H,13,15). The summed E-state index contributed by atoms with van der Waals surface area (Å²) >= 11 is 0. The van der Waals surface area contributed by atoms with Gasteiger partial charge < -0.3 is 5.32 Å². The Morgan fingerprint density at radius 3 is 3.00 bits per heavy atom. The van der Waals surface area contributed by atoms with Crippen molar-refractivity contribution in [3.8, 4) is 0 Å². The number of fused-ring (bicyclic) bond motifs is 1. The SMILES string of the molecule is O=CNCCc1ccnc2ccccc12. The van der Waals surface area contributed by atoms with E-state index in [0.717, 1.165) is 23.7 Å². The zero-order valence-corrected chi connectivity index (χ0v) is 8.31. The largest absolute Gasteiger partial charge is 0.358 e. The van der Waals surface area contributed by atoms with Crippen molar-refractivity contribution in [3.63, 3.8) is 0 Å². The first kappa shape index (κ1) is 9.65. The monoisotopic (exact) mass is 200 g/mol. The minimum atomic E-state index is 0.664. The van der Waals surface area contributed by atoms with Crippen LogP contribution in [0.2, 0.25) is 0 Å². The summed E-state index contributed by atoms with van der Waals surface area (Å²) in [5.74, 6) is 0. The van der Waals surface area contributed by atoms with Gasteiger partial charge in [-0.25, -0.2) is 0 Å². The van der Waals surface area contributed by atoms with E-state index in [1.54, 1.807) is 6.20 Å². The number of para-hydroxylation sites is 1. The quantitative estimate of drug-likeness (QED) is 0.600. The van der Waals surface area contributed by atoms with E-state index in [9.17, 15) is 4.79 Å². The topological polar surface area (TPSA) is 42.0 Å². The van der Waals surface area contributed by atoms with Gasteiger partial charge in [0.1, 0.15) is 0 Å². The van der Waals surface area contributed by atoms with E-state index in [-0.39, 0.29) is 0 Å². The maximum Gasteiger partial charge on any atom is 0.207 e. The number of aromatic nitrogens is 1. The van der Waals surface area contributed by atoms with Crippen molar-refractivity contribution in [2.45, 2.75) is 6.42 Å². The lowest BCUT2D eigenvalue weighted by atomic mass is 10.1. The van der Waals surface area contributed by atoms with Gasteiger partial charge in [-0.1, -0.05) is 18.2 Å². The average Bonchev–Trinajstić information content (AvgIpc) is 2.30. The molecule has 0 atom stereocenters. The highest BCUT2D eigenvalue weighted by atomic mass is 16.1. The fourth-order valence-electron chi connectivity index (χ4n) is 1.64. The number of nitrogens with one attached hydrogen (secondary N) is 1. The molecule has 76 valence electrons. The zero-order chi connectivity index (χ0) is 10.5. The van der Waals surface area contributed by atoms with Crippen LogP contribution in [0.1, 0.15) is 5.56 Å². The molecule has 0 fully saturated rings. The van der Waals surface area contributed by atoms with Gasteiger partial charge in [0, 0.05) is 18.1 Å². The molecule has 0 bridgehead atoms. The number of rotatable bonds is 4. The maximum absolute atomic E-state index is 10.1. The van der Waals surface area contributed by atoms with Crippen molar-refractivity contribution in [3.05, 3.63) is 42.1 Å². The third-order valence-corrected chi connectivity index (χ3v) is 2.36. The Balaban J connectivity index is 2.30. The molecular formula is C12H12N2O. The molecule has 0 saturated heterocycles. The van der Waals surface area contributed by atoms with Gasteiger partial charge in [0.25, 0.3) is 0 Å². The third kappa shape index (κ3) is 2.13. The average molecular weight is 200 g/mol. The fourth-order valence-corrected chi connectivity index (χ4v) is 1.64. The summed E-state index contributed by atoms with van der Waals surface area (Å²) < 4.78 is 0. The van der Waals surface area contributed by atoms with Gasteiger partial charge in [-0.05, 0) is 24.1 Å². The Morgan fingerprint density at radius 1 is 1.27 bits per heavy atom. The molecule has 1 heterocycles. The van der Waals surface area contributed by atoms with Crippen LogP contribution in [0.5, 0.6) is 0 Å². The lowest BCUT2D eigenvalue weighted by Crippen LogP contribution is -2.14. The van der Waals surface area contributed by atoms with E-state index in [1.807, 2.05) is 24.3 Å². The van der Waals surface area contributed by atoms with Crippen molar-refractivity contribution in [2.75, 3.05) is 6.54 Å². The summed E-state index contributed by atoms with van der Waals surface area (Å²) in [7, 11) is 0. The smallest absolute Gasteiger partial charge is 0.207 e. The van der Waals surface area contributed by atoms with Crippen LogP contribution in [0.15, 0.2) is 36.5 Å². The normalized spacial score (nSPS) is 10.1. The first-order chi connectivity index (χ1) is 7.42. The van der Waals surface area contributed by atoms with Crippen molar-refractivity contribution >= 4 is 17.3 Å². The summed E-state index contributed by atoms with van der Waals surface area (Å²) in [5, 5.41) is 3.82. The summed E-state index contributed by atoms with van der Waals surface area (Å²) in [6.07, 6.45) is 3.36. The first-order valence-corrected chi connectivity index (χ1v) is 4.91. The highest BCUT2D eigenvalue weighted by molar-refractivity contribution is 5.81. The van der Waals surface area contributed by atoms with E-state index >= 15 is 0 Å². The third-order valence-electron chi connectivity index (χ3n) is 2.36. The molecule has 0 unspecified atom stereocenters. The number of benzene rings is 1. The van der Waals surface area contributed by atoms with Gasteiger partial charge in [-0.3, -0.25) is 9.78 Å². The Bertz CT molecular complexity index is 463. The Morgan fingerprint density at radius 2 is 2.13 bits per heavy atom. The predicted octanol–water partition coefficient (Wildman–Crippen LogP) is 1.52. The second-order valence-electron chi connectivity index (χ2n) is 3.31. The number of nitrogens with zero attached hydrogens (tertiary/aromatic N) is 1. The molecule has 0 aliphatic rings. The van der Waals surface area contributed by atoms with Crippen molar-refractivity contribution in [1.82, 2.24) is 10.3 Å².